The molecule has 3 amide bonds. The number of amides is 3. The van der Waals surface area contributed by atoms with E-state index in [0.717, 1.165) is 6.42 Å². The predicted molar refractivity (Wildman–Crippen MR) is 84.5 cm³/mol. The van der Waals surface area contributed by atoms with Crippen LogP contribution in [0.2, 0.25) is 0 Å². The molecule has 0 radical (unpaired) electrons. The second kappa shape index (κ2) is 8.14. The fourth-order valence-electron chi connectivity index (χ4n) is 1.75. The van der Waals surface area contributed by atoms with Gasteiger partial charge in [0, 0.05) is 17.1 Å². The molecular formula is C15H16FN3O2S. The minimum Gasteiger partial charge on any atom is -0.338 e. The van der Waals surface area contributed by atoms with Gasteiger partial charge in [0.05, 0.1) is 6.54 Å². The topological polar surface area (TPSA) is 70.2 Å². The number of benzene rings is 1. The smallest absolute Gasteiger partial charge is 0.315 e. The van der Waals surface area contributed by atoms with Crippen molar-refractivity contribution >= 4 is 29.0 Å². The molecule has 3 N–H and O–H groups in total. The minimum atomic E-state index is -0.433. The van der Waals surface area contributed by atoms with E-state index in [1.807, 2.05) is 17.5 Å². The van der Waals surface area contributed by atoms with Gasteiger partial charge < -0.3 is 16.0 Å². The first-order valence-electron chi connectivity index (χ1n) is 6.73. The molecule has 1 aromatic heterocycles. The first kappa shape index (κ1) is 16.0. The van der Waals surface area contributed by atoms with Gasteiger partial charge in [-0.3, -0.25) is 4.79 Å². The van der Waals surface area contributed by atoms with Gasteiger partial charge in [-0.15, -0.1) is 11.3 Å². The number of hydrogen-bond acceptors (Lipinski definition) is 3. The summed E-state index contributed by atoms with van der Waals surface area (Å²) in [6.45, 7) is 0.319. The van der Waals surface area contributed by atoms with Crippen LogP contribution in [0.25, 0.3) is 0 Å². The normalized spacial score (nSPS) is 10.0. The van der Waals surface area contributed by atoms with Gasteiger partial charge in [0.15, 0.2) is 0 Å². The summed E-state index contributed by atoms with van der Waals surface area (Å²) in [7, 11) is 0. The lowest BCUT2D eigenvalue weighted by atomic mass is 10.3. The van der Waals surface area contributed by atoms with Crippen LogP contribution in [0, 0.1) is 5.82 Å². The van der Waals surface area contributed by atoms with Crippen molar-refractivity contribution in [2.24, 2.45) is 0 Å². The van der Waals surface area contributed by atoms with Crippen molar-refractivity contribution in [3.05, 3.63) is 52.5 Å². The lowest BCUT2D eigenvalue weighted by Gasteiger charge is -2.08. The third kappa shape index (κ3) is 5.53. The molecule has 0 aliphatic rings. The Hall–Kier alpha value is -2.41. The summed E-state index contributed by atoms with van der Waals surface area (Å²) in [5.41, 5.74) is 0.352. The fourth-order valence-corrected chi connectivity index (χ4v) is 2.46. The molecule has 0 saturated heterocycles. The van der Waals surface area contributed by atoms with Crippen LogP contribution in [-0.2, 0) is 11.2 Å². The van der Waals surface area contributed by atoms with E-state index < -0.39 is 17.8 Å². The minimum absolute atomic E-state index is 0.179. The molecule has 0 atom stereocenters. The molecule has 0 aliphatic carbocycles. The number of carbonyl (C=O) groups excluding carboxylic acids is 2. The molecule has 116 valence electrons. The lowest BCUT2D eigenvalue weighted by Crippen LogP contribution is -2.40. The quantitative estimate of drug-likeness (QED) is 0.764. The molecule has 1 heterocycles. The maximum absolute atomic E-state index is 13.0. The molecule has 0 fully saturated rings. The van der Waals surface area contributed by atoms with E-state index in [4.69, 9.17) is 0 Å². The van der Waals surface area contributed by atoms with Crippen LogP contribution >= 0.6 is 11.3 Å². The van der Waals surface area contributed by atoms with Gasteiger partial charge in [-0.05, 0) is 36.1 Å². The van der Waals surface area contributed by atoms with Crippen molar-refractivity contribution in [3.8, 4) is 0 Å². The van der Waals surface area contributed by atoms with E-state index in [-0.39, 0.29) is 6.54 Å². The first-order valence-corrected chi connectivity index (χ1v) is 7.61. The highest BCUT2D eigenvalue weighted by atomic mass is 32.1. The number of urea groups is 1. The summed E-state index contributed by atoms with van der Waals surface area (Å²) in [5, 5.41) is 9.59. The van der Waals surface area contributed by atoms with Gasteiger partial charge in [0.1, 0.15) is 5.82 Å². The maximum atomic E-state index is 13.0. The zero-order chi connectivity index (χ0) is 15.8. The Morgan fingerprint density at radius 3 is 2.73 bits per heavy atom. The van der Waals surface area contributed by atoms with E-state index in [0.29, 0.717) is 12.2 Å². The molecule has 0 spiro atoms. The third-order valence-electron chi connectivity index (χ3n) is 2.75. The Morgan fingerprint density at radius 2 is 2.00 bits per heavy atom. The van der Waals surface area contributed by atoms with Crippen LogP contribution in [0.4, 0.5) is 14.9 Å². The molecule has 0 unspecified atom stereocenters. The van der Waals surface area contributed by atoms with Gasteiger partial charge >= 0.3 is 6.03 Å². The van der Waals surface area contributed by atoms with E-state index >= 15 is 0 Å². The molecule has 0 aliphatic heterocycles. The van der Waals surface area contributed by atoms with Crippen LogP contribution in [0.3, 0.4) is 0 Å². The number of rotatable bonds is 6. The number of carbonyl (C=O) groups is 2. The zero-order valence-corrected chi connectivity index (χ0v) is 12.6. The van der Waals surface area contributed by atoms with Gasteiger partial charge in [-0.2, -0.15) is 0 Å². The Labute approximate surface area is 131 Å². The number of anilines is 1. The van der Waals surface area contributed by atoms with Crippen LogP contribution in [0.15, 0.2) is 41.8 Å². The summed E-state index contributed by atoms with van der Waals surface area (Å²) in [6, 6.07) is 9.10. The second-order valence-corrected chi connectivity index (χ2v) is 5.53. The van der Waals surface area contributed by atoms with Gasteiger partial charge in [0.2, 0.25) is 5.91 Å². The average Bonchev–Trinajstić information content (AvgIpc) is 2.98. The molecular weight excluding hydrogens is 305 g/mol. The average molecular weight is 321 g/mol. The van der Waals surface area contributed by atoms with Crippen LogP contribution in [0.5, 0.6) is 0 Å². The van der Waals surface area contributed by atoms with E-state index in [1.54, 1.807) is 17.4 Å². The third-order valence-corrected chi connectivity index (χ3v) is 3.69. The van der Waals surface area contributed by atoms with Crippen LogP contribution in [-0.4, -0.2) is 25.0 Å². The first-order chi connectivity index (χ1) is 10.6. The number of thiophene rings is 1. The van der Waals surface area contributed by atoms with E-state index in [1.165, 1.54) is 23.1 Å². The summed E-state index contributed by atoms with van der Waals surface area (Å²) < 4.78 is 13.0. The lowest BCUT2D eigenvalue weighted by molar-refractivity contribution is -0.115. The van der Waals surface area contributed by atoms with Crippen molar-refractivity contribution in [2.75, 3.05) is 18.4 Å². The van der Waals surface area contributed by atoms with Crippen LogP contribution < -0.4 is 16.0 Å². The summed E-state index contributed by atoms with van der Waals surface area (Å²) in [4.78, 5) is 24.3. The molecule has 1 aromatic carbocycles. The molecule has 7 heteroatoms. The van der Waals surface area contributed by atoms with Crippen LogP contribution in [0.1, 0.15) is 4.88 Å². The molecule has 2 aromatic rings. The fraction of sp³-hybridized carbons (Fsp3) is 0.200. The SMILES string of the molecule is O=C(CNC(=O)NCCc1cccs1)Nc1cccc(F)c1. The van der Waals surface area contributed by atoms with E-state index in [9.17, 15) is 14.0 Å². The van der Waals surface area contributed by atoms with E-state index in [2.05, 4.69) is 16.0 Å². The second-order valence-electron chi connectivity index (χ2n) is 4.50. The highest BCUT2D eigenvalue weighted by Gasteiger charge is 2.06. The van der Waals surface area contributed by atoms with Gasteiger partial charge in [0.25, 0.3) is 0 Å². The standard InChI is InChI=1S/C15H16FN3O2S/c16-11-3-1-4-12(9-11)19-14(20)10-18-15(21)17-7-6-13-5-2-8-22-13/h1-5,8-9H,6-7,10H2,(H,19,20)(H2,17,18,21). The number of halogens is 1. The van der Waals surface area contributed by atoms with Crippen molar-refractivity contribution in [2.45, 2.75) is 6.42 Å². The molecule has 0 saturated carbocycles. The largest absolute Gasteiger partial charge is 0.338 e. The highest BCUT2D eigenvalue weighted by molar-refractivity contribution is 7.09. The zero-order valence-electron chi connectivity index (χ0n) is 11.8. The molecule has 22 heavy (non-hydrogen) atoms. The summed E-state index contributed by atoms with van der Waals surface area (Å²) in [5.74, 6) is -0.851. The predicted octanol–water partition coefficient (Wildman–Crippen LogP) is 2.37. The molecule has 2 rings (SSSR count). The number of hydrogen-bond donors (Lipinski definition) is 3. The Balaban J connectivity index is 1.64. The van der Waals surface area contributed by atoms with Crippen molar-refractivity contribution < 1.29 is 14.0 Å². The van der Waals surface area contributed by atoms with Crippen molar-refractivity contribution in [1.29, 1.82) is 0 Å². The Kier molecular flexibility index (Phi) is 5.91. The van der Waals surface area contributed by atoms with Gasteiger partial charge in [-0.1, -0.05) is 12.1 Å². The van der Waals surface area contributed by atoms with Crippen molar-refractivity contribution in [1.82, 2.24) is 10.6 Å². The Morgan fingerprint density at radius 1 is 1.14 bits per heavy atom. The van der Waals surface area contributed by atoms with Crippen molar-refractivity contribution in [3.63, 3.8) is 0 Å². The summed E-state index contributed by atoms with van der Waals surface area (Å²) in [6.07, 6.45) is 0.751. The molecule has 0 bridgehead atoms. The Bertz CT molecular complexity index is 631. The summed E-state index contributed by atoms with van der Waals surface area (Å²) >= 11 is 1.63. The van der Waals surface area contributed by atoms with Gasteiger partial charge in [-0.25, -0.2) is 9.18 Å². The molecule has 5 nitrogen and oxygen atoms in total. The highest BCUT2D eigenvalue weighted by Crippen LogP contribution is 2.09. The number of nitrogens with one attached hydrogen (secondary N) is 3. The monoisotopic (exact) mass is 321 g/mol. The maximum Gasteiger partial charge on any atom is 0.315 e.